The van der Waals surface area contributed by atoms with Crippen LogP contribution in [0.25, 0.3) is 11.0 Å². The molecule has 4 bridgehead atoms. The van der Waals surface area contributed by atoms with Gasteiger partial charge < -0.3 is 25.1 Å². The van der Waals surface area contributed by atoms with Gasteiger partial charge in [-0.25, -0.2) is 4.98 Å². The number of para-hydroxylation sites is 2. The zero-order chi connectivity index (χ0) is 27.6. The zero-order valence-corrected chi connectivity index (χ0v) is 22.5. The summed E-state index contributed by atoms with van der Waals surface area (Å²) < 4.78 is 1.86. The van der Waals surface area contributed by atoms with E-state index in [1.807, 2.05) is 28.8 Å². The number of hydrogen-bond acceptors (Lipinski definition) is 7. The Kier molecular flexibility index (Phi) is 5.98. The van der Waals surface area contributed by atoms with Crippen molar-refractivity contribution in [3.05, 3.63) is 52.1 Å². The smallest absolute Gasteiger partial charge is 0.303 e. The number of hydrogen-bond donors (Lipinski definition) is 2. The molecule has 6 fully saturated rings. The van der Waals surface area contributed by atoms with Gasteiger partial charge in [0.2, 0.25) is 0 Å². The highest BCUT2D eigenvalue weighted by Gasteiger charge is 2.74. The Balaban J connectivity index is 1.23. The van der Waals surface area contributed by atoms with Crippen LogP contribution < -0.4 is 11.3 Å². The molecule has 4 aliphatic carbocycles. The topological polar surface area (TPSA) is 140 Å². The molecule has 1 spiro atoms. The molecule has 210 valence electrons. The zero-order valence-electron chi connectivity index (χ0n) is 22.5. The Bertz CT molecular complexity index is 1480. The highest BCUT2D eigenvalue weighted by molar-refractivity contribution is 6.00. The van der Waals surface area contributed by atoms with Crippen molar-refractivity contribution in [2.24, 2.45) is 28.1 Å². The Morgan fingerprint density at radius 2 is 1.82 bits per heavy atom. The SMILES string of the molecule is NC(=O)CO/N=C(\CCC(=O)O)c1nc2ccccc2n([C@H]2C[C@H]3CCC[C@@H](C2)N3C=C2C3CC2C32CC2)c1=O. The molecule has 1 aromatic carbocycles. The van der Waals surface area contributed by atoms with Crippen molar-refractivity contribution < 1.29 is 19.5 Å². The third-order valence-corrected chi connectivity index (χ3v) is 10.2. The summed E-state index contributed by atoms with van der Waals surface area (Å²) in [4.78, 5) is 49.0. The summed E-state index contributed by atoms with van der Waals surface area (Å²) >= 11 is 0. The second kappa shape index (κ2) is 9.45. The summed E-state index contributed by atoms with van der Waals surface area (Å²) in [6.07, 6.45) is 11.6. The predicted octanol–water partition coefficient (Wildman–Crippen LogP) is 3.34. The van der Waals surface area contributed by atoms with Gasteiger partial charge in [-0.2, -0.15) is 0 Å². The third-order valence-electron chi connectivity index (χ3n) is 10.2. The first-order chi connectivity index (χ1) is 19.4. The molecular weight excluding hydrogens is 510 g/mol. The van der Waals surface area contributed by atoms with Gasteiger partial charge in [0.05, 0.1) is 17.5 Å². The summed E-state index contributed by atoms with van der Waals surface area (Å²) in [6, 6.07) is 8.32. The van der Waals surface area contributed by atoms with Crippen LogP contribution >= 0.6 is 0 Å². The van der Waals surface area contributed by atoms with E-state index in [9.17, 15) is 19.5 Å². The molecule has 10 nitrogen and oxygen atoms in total. The minimum Gasteiger partial charge on any atom is -0.481 e. The van der Waals surface area contributed by atoms with Gasteiger partial charge in [-0.1, -0.05) is 17.3 Å². The molecule has 2 unspecified atom stereocenters. The molecule has 1 aromatic heterocycles. The van der Waals surface area contributed by atoms with E-state index in [1.54, 1.807) is 5.57 Å². The Morgan fingerprint density at radius 1 is 1.10 bits per heavy atom. The van der Waals surface area contributed by atoms with Crippen LogP contribution in [0.15, 0.2) is 46.0 Å². The number of nitrogens with two attached hydrogens (primary N) is 1. The molecule has 2 saturated heterocycles. The van der Waals surface area contributed by atoms with E-state index in [2.05, 4.69) is 21.2 Å². The number of benzene rings is 1. The van der Waals surface area contributed by atoms with E-state index >= 15 is 0 Å². The fraction of sp³-hybridized carbons (Fsp3) is 0.567. The van der Waals surface area contributed by atoms with E-state index in [0.717, 1.165) is 43.0 Å². The number of oxime groups is 1. The van der Waals surface area contributed by atoms with Crippen molar-refractivity contribution >= 4 is 28.6 Å². The van der Waals surface area contributed by atoms with Gasteiger partial charge >= 0.3 is 5.97 Å². The molecule has 2 aliphatic heterocycles. The standard InChI is InChI=1S/C30H35N5O5/c31-26(36)16-40-33-24(8-9-27(37)38)28-29(39)35(25-7-2-1-6-23(25)32-28)19-12-17-4-3-5-18(13-19)34(17)15-20-21-14-22(20)30(21)10-11-30/h1-2,6-7,15,17-19,21-22H,3-5,8-14,16H2,(H2,31,36)(H,37,38)/b20-15?,33-24+/t17-,18+,19+,21?,22?. The van der Waals surface area contributed by atoms with Gasteiger partial charge in [0.1, 0.15) is 5.71 Å². The van der Waals surface area contributed by atoms with Crippen molar-refractivity contribution in [2.75, 3.05) is 6.61 Å². The minimum absolute atomic E-state index is 0.0120. The average Bonchev–Trinajstić information content (AvgIpc) is 3.72. The van der Waals surface area contributed by atoms with E-state index in [0.29, 0.717) is 23.0 Å². The Labute approximate surface area is 231 Å². The van der Waals surface area contributed by atoms with Crippen molar-refractivity contribution in [1.82, 2.24) is 14.5 Å². The third kappa shape index (κ3) is 4.02. The fourth-order valence-electron chi connectivity index (χ4n) is 8.02. The highest BCUT2D eigenvalue weighted by Crippen LogP contribution is 2.82. The number of fused-ring (bicyclic) bond motifs is 3. The fourth-order valence-corrected chi connectivity index (χ4v) is 8.02. The second-order valence-electron chi connectivity index (χ2n) is 12.3. The first-order valence-electron chi connectivity index (χ1n) is 14.6. The van der Waals surface area contributed by atoms with Crippen LogP contribution in [0, 0.1) is 17.3 Å². The van der Waals surface area contributed by atoms with Crippen LogP contribution in [0.5, 0.6) is 0 Å². The van der Waals surface area contributed by atoms with Crippen LogP contribution in [-0.2, 0) is 14.4 Å². The highest BCUT2D eigenvalue weighted by atomic mass is 16.6. The molecule has 6 aliphatic rings. The predicted molar refractivity (Wildman–Crippen MR) is 147 cm³/mol. The van der Waals surface area contributed by atoms with E-state index in [1.165, 1.54) is 25.7 Å². The maximum atomic E-state index is 14.1. The van der Waals surface area contributed by atoms with Gasteiger partial charge in [0.15, 0.2) is 12.3 Å². The molecule has 10 heteroatoms. The lowest BCUT2D eigenvalue weighted by atomic mass is 9.42. The first kappa shape index (κ1) is 25.3. The van der Waals surface area contributed by atoms with Crippen LogP contribution in [-0.4, -0.2) is 55.8 Å². The number of nitrogens with zero attached hydrogens (tertiary/aromatic N) is 4. The van der Waals surface area contributed by atoms with Crippen molar-refractivity contribution in [3.8, 4) is 0 Å². The minimum atomic E-state index is -1.03. The molecule has 1 amide bonds. The largest absolute Gasteiger partial charge is 0.481 e. The summed E-state index contributed by atoms with van der Waals surface area (Å²) in [7, 11) is 0. The van der Waals surface area contributed by atoms with Crippen molar-refractivity contribution in [1.29, 1.82) is 0 Å². The number of amides is 1. The summed E-state index contributed by atoms with van der Waals surface area (Å²) in [5.74, 6) is -0.101. The Morgan fingerprint density at radius 3 is 2.48 bits per heavy atom. The number of primary amides is 1. The van der Waals surface area contributed by atoms with E-state index < -0.39 is 18.5 Å². The number of rotatable bonds is 9. The number of carbonyl (C=O) groups is 2. The number of allylic oxidation sites excluding steroid dienone is 1. The molecule has 40 heavy (non-hydrogen) atoms. The van der Waals surface area contributed by atoms with E-state index in [4.69, 9.17) is 10.6 Å². The quantitative estimate of drug-likeness (QED) is 0.364. The average molecular weight is 546 g/mol. The van der Waals surface area contributed by atoms with Gasteiger partial charge in [0.25, 0.3) is 11.5 Å². The molecule has 2 aromatic rings. The first-order valence-corrected chi connectivity index (χ1v) is 14.6. The van der Waals surface area contributed by atoms with Crippen LogP contribution in [0.1, 0.15) is 75.9 Å². The summed E-state index contributed by atoms with van der Waals surface area (Å²) in [6.45, 7) is -0.474. The van der Waals surface area contributed by atoms with Gasteiger partial charge in [0, 0.05) is 24.5 Å². The van der Waals surface area contributed by atoms with E-state index in [-0.39, 0.29) is 35.8 Å². The van der Waals surface area contributed by atoms with Gasteiger partial charge in [-0.05, 0) is 92.5 Å². The Hall–Kier alpha value is -3.69. The number of carboxylic acids is 1. The molecule has 3 heterocycles. The monoisotopic (exact) mass is 545 g/mol. The molecule has 5 atom stereocenters. The second-order valence-corrected chi connectivity index (χ2v) is 12.3. The van der Waals surface area contributed by atoms with Crippen LogP contribution in [0.3, 0.4) is 0 Å². The maximum Gasteiger partial charge on any atom is 0.303 e. The van der Waals surface area contributed by atoms with Crippen LogP contribution in [0.4, 0.5) is 0 Å². The molecule has 4 saturated carbocycles. The molecular formula is C30H35N5O5. The summed E-state index contributed by atoms with van der Waals surface area (Å²) in [5.41, 5.74) is 8.80. The van der Waals surface area contributed by atoms with Gasteiger partial charge in [-0.15, -0.1) is 0 Å². The van der Waals surface area contributed by atoms with Crippen molar-refractivity contribution in [2.45, 2.75) is 82.3 Å². The lowest BCUT2D eigenvalue weighted by Gasteiger charge is -2.63. The number of carbonyl (C=O) groups excluding carboxylic acids is 1. The molecule has 0 radical (unpaired) electrons. The lowest BCUT2D eigenvalue weighted by Crippen LogP contribution is -2.57. The lowest BCUT2D eigenvalue weighted by molar-refractivity contribution is -0.136. The maximum absolute atomic E-state index is 14.1. The number of aliphatic carboxylic acids is 1. The summed E-state index contributed by atoms with van der Waals surface area (Å²) in [5, 5.41) is 13.3. The normalized spacial score (nSPS) is 29.5. The van der Waals surface area contributed by atoms with Crippen molar-refractivity contribution in [3.63, 3.8) is 0 Å². The number of carboxylic acid groups (broad SMARTS) is 1. The molecule has 8 rings (SSSR count). The molecule has 3 N–H and O–H groups in total. The van der Waals surface area contributed by atoms with Crippen LogP contribution in [0.2, 0.25) is 0 Å². The number of piperidine rings is 2. The number of aromatic nitrogens is 2. The van der Waals surface area contributed by atoms with Gasteiger partial charge in [-0.3, -0.25) is 14.4 Å².